The summed E-state index contributed by atoms with van der Waals surface area (Å²) >= 11 is 5.79. The zero-order chi connectivity index (χ0) is 11.3. The lowest BCUT2D eigenvalue weighted by atomic mass is 10.1. The van der Waals surface area contributed by atoms with E-state index in [0.29, 0.717) is 22.9 Å². The summed E-state index contributed by atoms with van der Waals surface area (Å²) in [6, 6.07) is 5.02. The van der Waals surface area contributed by atoms with E-state index < -0.39 is 5.97 Å². The van der Waals surface area contributed by atoms with Crippen LogP contribution in [0.15, 0.2) is 18.2 Å². The summed E-state index contributed by atoms with van der Waals surface area (Å²) in [5.41, 5.74) is 0.614. The lowest BCUT2D eigenvalue weighted by molar-refractivity contribution is -0.136. The van der Waals surface area contributed by atoms with E-state index in [1.165, 1.54) is 0 Å². The van der Waals surface area contributed by atoms with Gasteiger partial charge in [-0.05, 0) is 24.6 Å². The van der Waals surface area contributed by atoms with Gasteiger partial charge < -0.3 is 9.84 Å². The summed E-state index contributed by atoms with van der Waals surface area (Å²) in [5, 5.41) is 9.23. The third kappa shape index (κ3) is 3.80. The Balaban J connectivity index is 2.87. The molecular weight excluding hydrogens is 216 g/mol. The van der Waals surface area contributed by atoms with Gasteiger partial charge in [-0.25, -0.2) is 0 Å². The van der Waals surface area contributed by atoms with Crippen LogP contribution in [-0.4, -0.2) is 17.7 Å². The van der Waals surface area contributed by atoms with Crippen molar-refractivity contribution in [2.45, 2.75) is 19.8 Å². The molecule has 1 aromatic carbocycles. The fourth-order valence-electron chi connectivity index (χ4n) is 1.20. The molecule has 0 saturated carbocycles. The Bertz CT molecular complexity index is 350. The molecular formula is C11H13ClO3. The van der Waals surface area contributed by atoms with Crippen LogP contribution in [0.4, 0.5) is 0 Å². The number of rotatable bonds is 5. The number of hydrogen-bond donors (Lipinski definition) is 1. The molecule has 82 valence electrons. The number of benzene rings is 1. The Hall–Kier alpha value is -1.22. The fourth-order valence-corrected chi connectivity index (χ4v) is 1.40. The molecule has 0 heterocycles. The number of hydrogen-bond acceptors (Lipinski definition) is 2. The zero-order valence-corrected chi connectivity index (χ0v) is 9.25. The van der Waals surface area contributed by atoms with Gasteiger partial charge in [0.15, 0.2) is 0 Å². The first kappa shape index (κ1) is 11.9. The molecule has 0 unspecified atom stereocenters. The van der Waals surface area contributed by atoms with E-state index in [2.05, 4.69) is 0 Å². The molecule has 0 atom stereocenters. The van der Waals surface area contributed by atoms with Crippen molar-refractivity contribution in [3.05, 3.63) is 28.8 Å². The van der Waals surface area contributed by atoms with E-state index >= 15 is 0 Å². The van der Waals surface area contributed by atoms with Crippen LogP contribution in [0.3, 0.4) is 0 Å². The second-order valence-corrected chi connectivity index (χ2v) is 3.61. The molecule has 0 aliphatic carbocycles. The number of carbonyl (C=O) groups is 1. The summed E-state index contributed by atoms with van der Waals surface area (Å²) in [6.45, 7) is 2.57. The lowest BCUT2D eigenvalue weighted by Gasteiger charge is -2.09. The highest BCUT2D eigenvalue weighted by Crippen LogP contribution is 2.23. The van der Waals surface area contributed by atoms with Crippen molar-refractivity contribution in [1.82, 2.24) is 0 Å². The first-order valence-electron chi connectivity index (χ1n) is 4.76. The Morgan fingerprint density at radius 3 is 2.87 bits per heavy atom. The van der Waals surface area contributed by atoms with Gasteiger partial charge in [0.25, 0.3) is 0 Å². The predicted molar refractivity (Wildman–Crippen MR) is 58.6 cm³/mol. The molecule has 15 heavy (non-hydrogen) atoms. The SMILES string of the molecule is CCCOc1ccc(Cl)cc1CC(=O)O. The van der Waals surface area contributed by atoms with Gasteiger partial charge in [-0.1, -0.05) is 18.5 Å². The van der Waals surface area contributed by atoms with Gasteiger partial charge in [-0.15, -0.1) is 0 Å². The molecule has 0 fully saturated rings. The summed E-state index contributed by atoms with van der Waals surface area (Å²) in [7, 11) is 0. The van der Waals surface area contributed by atoms with Gasteiger partial charge in [0.05, 0.1) is 13.0 Å². The van der Waals surface area contributed by atoms with E-state index in [4.69, 9.17) is 21.4 Å². The van der Waals surface area contributed by atoms with Crippen LogP contribution in [-0.2, 0) is 11.2 Å². The van der Waals surface area contributed by atoms with Crippen LogP contribution in [0.5, 0.6) is 5.75 Å². The third-order valence-electron chi connectivity index (χ3n) is 1.83. The summed E-state index contributed by atoms with van der Waals surface area (Å²) in [5.74, 6) is -0.290. The van der Waals surface area contributed by atoms with Gasteiger partial charge in [0.1, 0.15) is 5.75 Å². The van der Waals surface area contributed by atoms with Crippen molar-refractivity contribution < 1.29 is 14.6 Å². The predicted octanol–water partition coefficient (Wildman–Crippen LogP) is 2.76. The molecule has 0 spiro atoms. The number of halogens is 1. The lowest BCUT2D eigenvalue weighted by Crippen LogP contribution is -2.04. The summed E-state index contributed by atoms with van der Waals surface area (Å²) < 4.78 is 5.42. The Morgan fingerprint density at radius 1 is 1.53 bits per heavy atom. The maximum absolute atomic E-state index is 10.6. The van der Waals surface area contributed by atoms with E-state index in [1.54, 1.807) is 18.2 Å². The molecule has 1 rings (SSSR count). The Kier molecular flexibility index (Phi) is 4.43. The van der Waals surface area contributed by atoms with E-state index in [9.17, 15) is 4.79 Å². The maximum Gasteiger partial charge on any atom is 0.307 e. The average Bonchev–Trinajstić information content (AvgIpc) is 2.16. The molecule has 0 aliphatic rings. The molecule has 0 radical (unpaired) electrons. The molecule has 1 N–H and O–H groups in total. The van der Waals surface area contributed by atoms with E-state index in [-0.39, 0.29) is 6.42 Å². The van der Waals surface area contributed by atoms with Crippen molar-refractivity contribution in [2.24, 2.45) is 0 Å². The van der Waals surface area contributed by atoms with Crippen molar-refractivity contribution in [1.29, 1.82) is 0 Å². The molecule has 0 aromatic heterocycles. The van der Waals surface area contributed by atoms with Crippen LogP contribution in [0.2, 0.25) is 5.02 Å². The smallest absolute Gasteiger partial charge is 0.307 e. The van der Waals surface area contributed by atoms with Crippen molar-refractivity contribution in [3.8, 4) is 5.75 Å². The van der Waals surface area contributed by atoms with E-state index in [0.717, 1.165) is 6.42 Å². The van der Waals surface area contributed by atoms with E-state index in [1.807, 2.05) is 6.92 Å². The minimum absolute atomic E-state index is 0.0698. The first-order valence-corrected chi connectivity index (χ1v) is 5.14. The molecule has 0 bridgehead atoms. The van der Waals surface area contributed by atoms with Crippen LogP contribution in [0, 0.1) is 0 Å². The summed E-state index contributed by atoms with van der Waals surface area (Å²) in [4.78, 5) is 10.6. The van der Waals surface area contributed by atoms with Crippen LogP contribution in [0.25, 0.3) is 0 Å². The average molecular weight is 229 g/mol. The monoisotopic (exact) mass is 228 g/mol. The third-order valence-corrected chi connectivity index (χ3v) is 2.06. The van der Waals surface area contributed by atoms with Crippen LogP contribution in [0.1, 0.15) is 18.9 Å². The Morgan fingerprint density at radius 2 is 2.27 bits per heavy atom. The van der Waals surface area contributed by atoms with Crippen LogP contribution >= 0.6 is 11.6 Å². The van der Waals surface area contributed by atoms with Crippen molar-refractivity contribution >= 4 is 17.6 Å². The standard InChI is InChI=1S/C11H13ClO3/c1-2-5-15-10-4-3-9(12)6-8(10)7-11(13)14/h3-4,6H,2,5,7H2,1H3,(H,13,14). The minimum atomic E-state index is -0.890. The maximum atomic E-state index is 10.6. The molecule has 3 nitrogen and oxygen atoms in total. The largest absolute Gasteiger partial charge is 0.493 e. The second kappa shape index (κ2) is 5.61. The second-order valence-electron chi connectivity index (χ2n) is 3.17. The minimum Gasteiger partial charge on any atom is -0.493 e. The first-order chi connectivity index (χ1) is 7.13. The van der Waals surface area contributed by atoms with Gasteiger partial charge in [0, 0.05) is 10.6 Å². The highest BCUT2D eigenvalue weighted by Gasteiger charge is 2.08. The molecule has 0 aliphatic heterocycles. The summed E-state index contributed by atoms with van der Waals surface area (Å²) in [6.07, 6.45) is 0.814. The molecule has 0 amide bonds. The topological polar surface area (TPSA) is 46.5 Å². The number of carboxylic acid groups (broad SMARTS) is 1. The molecule has 4 heteroatoms. The van der Waals surface area contributed by atoms with Gasteiger partial charge in [-0.3, -0.25) is 4.79 Å². The molecule has 0 saturated heterocycles. The highest BCUT2D eigenvalue weighted by atomic mass is 35.5. The quantitative estimate of drug-likeness (QED) is 0.843. The highest BCUT2D eigenvalue weighted by molar-refractivity contribution is 6.30. The van der Waals surface area contributed by atoms with Crippen molar-refractivity contribution in [3.63, 3.8) is 0 Å². The number of aliphatic carboxylic acids is 1. The van der Waals surface area contributed by atoms with Gasteiger partial charge >= 0.3 is 5.97 Å². The normalized spacial score (nSPS) is 10.0. The van der Waals surface area contributed by atoms with Crippen LogP contribution < -0.4 is 4.74 Å². The molecule has 1 aromatic rings. The number of ether oxygens (including phenoxy) is 1. The van der Waals surface area contributed by atoms with Gasteiger partial charge in [-0.2, -0.15) is 0 Å². The number of carboxylic acids is 1. The fraction of sp³-hybridized carbons (Fsp3) is 0.364. The zero-order valence-electron chi connectivity index (χ0n) is 8.50. The van der Waals surface area contributed by atoms with Gasteiger partial charge in [0.2, 0.25) is 0 Å². The van der Waals surface area contributed by atoms with Crippen molar-refractivity contribution in [2.75, 3.05) is 6.61 Å². The Labute approximate surface area is 93.6 Å².